The molecular weight excluding hydrogens is 282 g/mol. The molecule has 0 amide bonds. The molecule has 2 N–H and O–H groups in total. The van der Waals surface area contributed by atoms with Crippen LogP contribution < -0.4 is 10.6 Å². The Kier molecular flexibility index (Phi) is 9.74. The van der Waals surface area contributed by atoms with Crippen LogP contribution in [0.15, 0.2) is 40.2 Å². The van der Waals surface area contributed by atoms with Crippen LogP contribution in [0.4, 0.5) is 0 Å². The number of hydrogen-bond donors (Lipinski definition) is 2. The van der Waals surface area contributed by atoms with Crippen LogP contribution in [0.5, 0.6) is 0 Å². The quantitative estimate of drug-likeness (QED) is 0.319. The highest BCUT2D eigenvalue weighted by molar-refractivity contribution is 8.00. The van der Waals surface area contributed by atoms with Gasteiger partial charge in [-0.3, -0.25) is 4.99 Å². The first-order chi connectivity index (χ1) is 10.3. The van der Waals surface area contributed by atoms with Crippen LogP contribution >= 0.6 is 11.8 Å². The van der Waals surface area contributed by atoms with Crippen molar-refractivity contribution in [3.05, 3.63) is 30.3 Å². The summed E-state index contributed by atoms with van der Waals surface area (Å²) in [6.07, 6.45) is 0.981. The molecule has 0 saturated carbocycles. The first-order valence-electron chi connectivity index (χ1n) is 7.49. The number of ether oxygens (including phenoxy) is 1. The van der Waals surface area contributed by atoms with Gasteiger partial charge in [-0.05, 0) is 25.5 Å². The molecule has 0 aliphatic heterocycles. The Morgan fingerprint density at radius 1 is 1.29 bits per heavy atom. The Hall–Kier alpha value is -1.20. The van der Waals surface area contributed by atoms with Crippen LogP contribution in [0.3, 0.4) is 0 Å². The zero-order valence-electron chi connectivity index (χ0n) is 13.3. The lowest BCUT2D eigenvalue weighted by Crippen LogP contribution is -2.38. The number of hydrogen-bond acceptors (Lipinski definition) is 3. The van der Waals surface area contributed by atoms with E-state index in [4.69, 9.17) is 4.74 Å². The average Bonchev–Trinajstić information content (AvgIpc) is 2.50. The molecule has 4 nitrogen and oxygen atoms in total. The van der Waals surface area contributed by atoms with Crippen molar-refractivity contribution in [2.24, 2.45) is 4.99 Å². The third kappa shape index (κ3) is 8.63. The maximum atomic E-state index is 5.04. The summed E-state index contributed by atoms with van der Waals surface area (Å²) >= 11 is 1.85. The minimum Gasteiger partial charge on any atom is -0.385 e. The molecule has 1 unspecified atom stereocenters. The third-order valence-corrected chi connectivity index (χ3v) is 3.84. The molecule has 1 rings (SSSR count). The minimum absolute atomic E-state index is 0.446. The van der Waals surface area contributed by atoms with Crippen LogP contribution in [0.25, 0.3) is 0 Å². The van der Waals surface area contributed by atoms with Gasteiger partial charge in [-0.25, -0.2) is 0 Å². The second-order valence-corrected chi connectivity index (χ2v) is 6.25. The third-order valence-electron chi connectivity index (χ3n) is 2.75. The Morgan fingerprint density at radius 3 is 2.71 bits per heavy atom. The lowest BCUT2D eigenvalue weighted by molar-refractivity contribution is 0.195. The summed E-state index contributed by atoms with van der Waals surface area (Å²) in [5.74, 6) is 0.883. The zero-order valence-corrected chi connectivity index (χ0v) is 14.1. The minimum atomic E-state index is 0.446. The molecule has 0 radical (unpaired) electrons. The van der Waals surface area contributed by atoms with Gasteiger partial charge in [0.15, 0.2) is 5.96 Å². The fourth-order valence-corrected chi connectivity index (χ4v) is 2.68. The fraction of sp³-hybridized carbons (Fsp3) is 0.562. The molecule has 0 bridgehead atoms. The van der Waals surface area contributed by atoms with Crippen LogP contribution in [0.1, 0.15) is 20.3 Å². The number of rotatable bonds is 9. The first-order valence-corrected chi connectivity index (χ1v) is 8.37. The maximum absolute atomic E-state index is 5.04. The zero-order chi connectivity index (χ0) is 15.3. The fourth-order valence-electron chi connectivity index (χ4n) is 1.75. The second-order valence-electron chi connectivity index (χ2n) is 4.73. The summed E-state index contributed by atoms with van der Waals surface area (Å²) in [5, 5.41) is 7.04. The highest BCUT2D eigenvalue weighted by Crippen LogP contribution is 2.22. The molecule has 0 fully saturated rings. The Bertz CT molecular complexity index is 398. The predicted molar refractivity (Wildman–Crippen MR) is 92.2 cm³/mol. The van der Waals surface area contributed by atoms with Gasteiger partial charge < -0.3 is 15.4 Å². The largest absolute Gasteiger partial charge is 0.385 e. The summed E-state index contributed by atoms with van der Waals surface area (Å²) in [7, 11) is 1.72. The summed E-state index contributed by atoms with van der Waals surface area (Å²) in [5.41, 5.74) is 0. The number of thioether (sulfide) groups is 1. The molecule has 1 atom stereocenters. The summed E-state index contributed by atoms with van der Waals surface area (Å²) in [4.78, 5) is 5.93. The van der Waals surface area contributed by atoms with Crippen LogP contribution in [0.2, 0.25) is 0 Å². The molecule has 0 saturated heterocycles. The monoisotopic (exact) mass is 309 g/mol. The van der Waals surface area contributed by atoms with E-state index in [9.17, 15) is 0 Å². The van der Waals surface area contributed by atoms with Crippen molar-refractivity contribution in [2.45, 2.75) is 30.4 Å². The van der Waals surface area contributed by atoms with Crippen LogP contribution in [-0.2, 0) is 4.74 Å². The number of nitrogens with zero attached hydrogens (tertiary/aromatic N) is 1. The molecule has 0 heterocycles. The maximum Gasteiger partial charge on any atom is 0.191 e. The average molecular weight is 309 g/mol. The van der Waals surface area contributed by atoms with E-state index in [1.165, 1.54) is 4.90 Å². The lowest BCUT2D eigenvalue weighted by atomic mass is 10.4. The Labute approximate surface area is 132 Å². The first kappa shape index (κ1) is 17.9. The van der Waals surface area contributed by atoms with Gasteiger partial charge in [0.05, 0.1) is 6.54 Å². The van der Waals surface area contributed by atoms with E-state index < -0.39 is 0 Å². The number of nitrogens with one attached hydrogen (secondary N) is 2. The van der Waals surface area contributed by atoms with Gasteiger partial charge in [-0.15, -0.1) is 11.8 Å². The van der Waals surface area contributed by atoms with Crippen LogP contribution in [-0.4, -0.2) is 44.6 Å². The van der Waals surface area contributed by atoms with Gasteiger partial charge in [0.1, 0.15) is 0 Å². The molecule has 5 heteroatoms. The van der Waals surface area contributed by atoms with Gasteiger partial charge in [0, 0.05) is 37.0 Å². The SMILES string of the molecule is CCNC(=NCC(C)Sc1ccccc1)NCCCOC. The lowest BCUT2D eigenvalue weighted by Gasteiger charge is -2.13. The Balaban J connectivity index is 2.37. The van der Waals surface area contributed by atoms with Crippen molar-refractivity contribution in [2.75, 3.05) is 33.4 Å². The number of methoxy groups -OCH3 is 1. The smallest absolute Gasteiger partial charge is 0.191 e. The van der Waals surface area contributed by atoms with E-state index in [2.05, 4.69) is 53.7 Å². The Morgan fingerprint density at radius 2 is 2.05 bits per heavy atom. The summed E-state index contributed by atoms with van der Waals surface area (Å²) < 4.78 is 5.04. The van der Waals surface area contributed by atoms with E-state index >= 15 is 0 Å². The molecule has 118 valence electrons. The highest BCUT2D eigenvalue weighted by Gasteiger charge is 2.04. The number of aliphatic imine (C=N–C) groups is 1. The van der Waals surface area contributed by atoms with Crippen LogP contribution in [0, 0.1) is 0 Å². The van der Waals surface area contributed by atoms with Crippen molar-refractivity contribution < 1.29 is 4.74 Å². The second kappa shape index (κ2) is 11.5. The van der Waals surface area contributed by atoms with Crippen molar-refractivity contribution in [3.63, 3.8) is 0 Å². The molecule has 0 aromatic heterocycles. The predicted octanol–water partition coefficient (Wildman–Crippen LogP) is 2.76. The molecule has 0 aliphatic rings. The summed E-state index contributed by atoms with van der Waals surface area (Å²) in [6.45, 7) is 7.59. The van der Waals surface area contributed by atoms with Gasteiger partial charge >= 0.3 is 0 Å². The van der Waals surface area contributed by atoms with Crippen molar-refractivity contribution in [1.82, 2.24) is 10.6 Å². The van der Waals surface area contributed by atoms with E-state index in [0.717, 1.165) is 38.6 Å². The van der Waals surface area contributed by atoms with Gasteiger partial charge in [-0.2, -0.15) is 0 Å². The molecule has 1 aromatic rings. The summed E-state index contributed by atoms with van der Waals surface area (Å²) in [6, 6.07) is 10.5. The van der Waals surface area contributed by atoms with E-state index in [1.54, 1.807) is 7.11 Å². The van der Waals surface area contributed by atoms with Gasteiger partial charge in [0.2, 0.25) is 0 Å². The van der Waals surface area contributed by atoms with Crippen molar-refractivity contribution in [3.8, 4) is 0 Å². The normalized spacial score (nSPS) is 13.0. The standard InChI is InChI=1S/C16H27N3OS/c1-4-17-16(18-11-8-12-20-3)19-13-14(2)21-15-9-6-5-7-10-15/h5-7,9-10,14H,4,8,11-13H2,1-3H3,(H2,17,18,19). The number of benzene rings is 1. The van der Waals surface area contributed by atoms with Crippen molar-refractivity contribution in [1.29, 1.82) is 0 Å². The molecule has 0 aliphatic carbocycles. The van der Waals surface area contributed by atoms with Gasteiger partial charge in [0.25, 0.3) is 0 Å². The molecular formula is C16H27N3OS. The molecule has 1 aromatic carbocycles. The number of guanidine groups is 1. The van der Waals surface area contributed by atoms with E-state index in [0.29, 0.717) is 5.25 Å². The topological polar surface area (TPSA) is 45.7 Å². The van der Waals surface area contributed by atoms with E-state index in [1.807, 2.05) is 17.8 Å². The molecule has 0 spiro atoms. The molecule has 21 heavy (non-hydrogen) atoms. The highest BCUT2D eigenvalue weighted by atomic mass is 32.2. The van der Waals surface area contributed by atoms with Crippen molar-refractivity contribution >= 4 is 17.7 Å². The van der Waals surface area contributed by atoms with Gasteiger partial charge in [-0.1, -0.05) is 25.1 Å². The van der Waals surface area contributed by atoms with E-state index in [-0.39, 0.29) is 0 Å².